The summed E-state index contributed by atoms with van der Waals surface area (Å²) in [6.45, 7) is 6.21. The van der Waals surface area contributed by atoms with E-state index in [0.717, 1.165) is 17.1 Å². The normalized spacial score (nSPS) is 10.5. The first-order chi connectivity index (χ1) is 6.70. The van der Waals surface area contributed by atoms with Crippen LogP contribution in [-0.4, -0.2) is 0 Å². The van der Waals surface area contributed by atoms with Crippen molar-refractivity contribution >= 4 is 0 Å². The molecule has 0 spiro atoms. The summed E-state index contributed by atoms with van der Waals surface area (Å²) in [5.74, 6) is 2.02. The minimum atomic E-state index is 1.00. The molecule has 0 fully saturated rings. The van der Waals surface area contributed by atoms with Crippen molar-refractivity contribution in [2.24, 2.45) is 0 Å². The molecule has 2 aromatic rings. The summed E-state index contributed by atoms with van der Waals surface area (Å²) >= 11 is 0. The molecule has 0 aliphatic heterocycles. The van der Waals surface area contributed by atoms with Gasteiger partial charge in [-0.2, -0.15) is 0 Å². The van der Waals surface area contributed by atoms with Gasteiger partial charge < -0.3 is 4.42 Å². The van der Waals surface area contributed by atoms with Gasteiger partial charge in [0.1, 0.15) is 11.5 Å². The average molecular weight is 186 g/mol. The fourth-order valence-electron chi connectivity index (χ4n) is 1.61. The van der Waals surface area contributed by atoms with Gasteiger partial charge in [0.05, 0.1) is 0 Å². The van der Waals surface area contributed by atoms with Gasteiger partial charge in [-0.1, -0.05) is 30.3 Å². The summed E-state index contributed by atoms with van der Waals surface area (Å²) in [6, 6.07) is 10.2. The molecule has 1 aromatic heterocycles. The number of hydrogen-bond donors (Lipinski definition) is 0. The summed E-state index contributed by atoms with van der Waals surface area (Å²) in [7, 11) is 0. The molecule has 0 aliphatic carbocycles. The van der Waals surface area contributed by atoms with Crippen LogP contribution >= 0.6 is 0 Å². The standard InChI is InChI=1S/C13H14O/c1-9-10(2)13(14-11(9)3)12-7-5-4-6-8-12/h4-8H,1-3H3. The van der Waals surface area contributed by atoms with E-state index < -0.39 is 0 Å². The largest absolute Gasteiger partial charge is 0.461 e. The summed E-state index contributed by atoms with van der Waals surface area (Å²) in [4.78, 5) is 0. The molecule has 1 aromatic carbocycles. The first-order valence-corrected chi connectivity index (χ1v) is 4.82. The molecule has 14 heavy (non-hydrogen) atoms. The molecular weight excluding hydrogens is 172 g/mol. The van der Waals surface area contributed by atoms with Gasteiger partial charge in [-0.3, -0.25) is 0 Å². The maximum absolute atomic E-state index is 5.73. The predicted molar refractivity (Wildman–Crippen MR) is 58.4 cm³/mol. The Morgan fingerprint density at radius 1 is 0.857 bits per heavy atom. The van der Waals surface area contributed by atoms with Crippen LogP contribution in [0.1, 0.15) is 16.9 Å². The molecule has 0 amide bonds. The zero-order valence-corrected chi connectivity index (χ0v) is 8.79. The minimum Gasteiger partial charge on any atom is -0.461 e. The average Bonchev–Trinajstić information content (AvgIpc) is 2.47. The van der Waals surface area contributed by atoms with E-state index in [9.17, 15) is 0 Å². The second-order valence-electron chi connectivity index (χ2n) is 3.60. The Kier molecular flexibility index (Phi) is 2.16. The molecule has 0 unspecified atom stereocenters. The Morgan fingerprint density at radius 2 is 1.50 bits per heavy atom. The lowest BCUT2D eigenvalue weighted by molar-refractivity contribution is 0.544. The highest BCUT2D eigenvalue weighted by Crippen LogP contribution is 2.29. The summed E-state index contributed by atoms with van der Waals surface area (Å²) in [6.07, 6.45) is 0. The van der Waals surface area contributed by atoms with E-state index in [-0.39, 0.29) is 0 Å². The number of aryl methyl sites for hydroxylation is 1. The minimum absolute atomic E-state index is 1.00. The van der Waals surface area contributed by atoms with E-state index in [2.05, 4.69) is 26.0 Å². The predicted octanol–water partition coefficient (Wildman–Crippen LogP) is 3.87. The fourth-order valence-corrected chi connectivity index (χ4v) is 1.61. The van der Waals surface area contributed by atoms with E-state index in [4.69, 9.17) is 4.42 Å². The first-order valence-electron chi connectivity index (χ1n) is 4.82. The summed E-state index contributed by atoms with van der Waals surface area (Å²) in [5.41, 5.74) is 3.65. The molecule has 72 valence electrons. The highest BCUT2D eigenvalue weighted by atomic mass is 16.3. The lowest BCUT2D eigenvalue weighted by Crippen LogP contribution is -1.77. The molecule has 2 rings (SSSR count). The van der Waals surface area contributed by atoms with E-state index in [0.29, 0.717) is 0 Å². The van der Waals surface area contributed by atoms with E-state index >= 15 is 0 Å². The van der Waals surface area contributed by atoms with Gasteiger partial charge in [-0.05, 0) is 31.9 Å². The van der Waals surface area contributed by atoms with Crippen LogP contribution in [0.2, 0.25) is 0 Å². The maximum atomic E-state index is 5.73. The topological polar surface area (TPSA) is 13.1 Å². The Balaban J connectivity index is 2.58. The molecule has 0 saturated heterocycles. The van der Waals surface area contributed by atoms with Gasteiger partial charge in [0.2, 0.25) is 0 Å². The van der Waals surface area contributed by atoms with Crippen molar-refractivity contribution in [3.05, 3.63) is 47.2 Å². The van der Waals surface area contributed by atoms with Crippen molar-refractivity contribution in [1.29, 1.82) is 0 Å². The van der Waals surface area contributed by atoms with Crippen LogP contribution in [0.5, 0.6) is 0 Å². The van der Waals surface area contributed by atoms with Crippen molar-refractivity contribution in [1.82, 2.24) is 0 Å². The molecule has 0 bridgehead atoms. The molecule has 0 saturated carbocycles. The van der Waals surface area contributed by atoms with E-state index in [1.54, 1.807) is 0 Å². The van der Waals surface area contributed by atoms with Gasteiger partial charge in [0.15, 0.2) is 0 Å². The summed E-state index contributed by atoms with van der Waals surface area (Å²) < 4.78 is 5.73. The van der Waals surface area contributed by atoms with Gasteiger partial charge in [-0.15, -0.1) is 0 Å². The highest BCUT2D eigenvalue weighted by molar-refractivity contribution is 5.63. The molecule has 0 atom stereocenters. The smallest absolute Gasteiger partial charge is 0.137 e. The third kappa shape index (κ3) is 1.35. The molecular formula is C13H14O. The zero-order valence-electron chi connectivity index (χ0n) is 8.79. The van der Waals surface area contributed by atoms with Crippen molar-refractivity contribution < 1.29 is 4.42 Å². The lowest BCUT2D eigenvalue weighted by atomic mass is 10.1. The van der Waals surface area contributed by atoms with Crippen LogP contribution in [0.3, 0.4) is 0 Å². The Hall–Kier alpha value is -1.50. The number of rotatable bonds is 1. The van der Waals surface area contributed by atoms with Crippen LogP contribution in [0.15, 0.2) is 34.7 Å². The summed E-state index contributed by atoms with van der Waals surface area (Å²) in [5, 5.41) is 0. The number of benzene rings is 1. The fraction of sp³-hybridized carbons (Fsp3) is 0.231. The Labute approximate surface area is 84.4 Å². The number of furan rings is 1. The highest BCUT2D eigenvalue weighted by Gasteiger charge is 2.11. The van der Waals surface area contributed by atoms with Crippen LogP contribution in [0, 0.1) is 20.8 Å². The lowest BCUT2D eigenvalue weighted by Gasteiger charge is -1.97. The van der Waals surface area contributed by atoms with Gasteiger partial charge in [-0.25, -0.2) is 0 Å². The second kappa shape index (κ2) is 3.33. The van der Waals surface area contributed by atoms with Crippen LogP contribution in [-0.2, 0) is 0 Å². The molecule has 1 heteroatoms. The van der Waals surface area contributed by atoms with Crippen LogP contribution in [0.25, 0.3) is 11.3 Å². The van der Waals surface area contributed by atoms with Crippen molar-refractivity contribution in [2.45, 2.75) is 20.8 Å². The quantitative estimate of drug-likeness (QED) is 0.658. The molecule has 1 heterocycles. The van der Waals surface area contributed by atoms with Gasteiger partial charge in [0.25, 0.3) is 0 Å². The molecule has 0 aliphatic rings. The van der Waals surface area contributed by atoms with Crippen molar-refractivity contribution in [3.8, 4) is 11.3 Å². The Morgan fingerprint density at radius 3 is 2.00 bits per heavy atom. The van der Waals surface area contributed by atoms with Crippen LogP contribution < -0.4 is 0 Å². The van der Waals surface area contributed by atoms with Gasteiger partial charge >= 0.3 is 0 Å². The van der Waals surface area contributed by atoms with Crippen molar-refractivity contribution in [2.75, 3.05) is 0 Å². The SMILES string of the molecule is Cc1oc(-c2ccccc2)c(C)c1C. The third-order valence-electron chi connectivity index (χ3n) is 2.72. The first kappa shape index (κ1) is 9.07. The maximum Gasteiger partial charge on any atom is 0.137 e. The number of hydrogen-bond acceptors (Lipinski definition) is 1. The van der Waals surface area contributed by atoms with Gasteiger partial charge in [0, 0.05) is 5.56 Å². The molecule has 1 nitrogen and oxygen atoms in total. The second-order valence-corrected chi connectivity index (χ2v) is 3.60. The monoisotopic (exact) mass is 186 g/mol. The Bertz CT molecular complexity index is 438. The third-order valence-corrected chi connectivity index (χ3v) is 2.72. The zero-order chi connectivity index (χ0) is 10.1. The van der Waals surface area contributed by atoms with E-state index in [1.807, 2.05) is 25.1 Å². The molecule has 0 N–H and O–H groups in total. The van der Waals surface area contributed by atoms with Crippen LogP contribution in [0.4, 0.5) is 0 Å². The molecule has 0 radical (unpaired) electrons. The van der Waals surface area contributed by atoms with Crippen molar-refractivity contribution in [3.63, 3.8) is 0 Å². The van der Waals surface area contributed by atoms with E-state index in [1.165, 1.54) is 11.1 Å².